The monoisotopic (exact) mass is 394 g/mol. The standard InChI is InChI=1S/C13H19BrN2O3S2/c14-13-12(6-10(19-13)7-15-9-3-4-9)21(17,18)16-8-11-2-1-5-20-11/h6,9,11,15-16H,1-5,7-8H2. The number of hydrogen-bond donors (Lipinski definition) is 2. The van der Waals surface area contributed by atoms with Crippen LogP contribution in [0.15, 0.2) is 20.0 Å². The predicted molar refractivity (Wildman–Crippen MR) is 86.9 cm³/mol. The molecule has 3 rings (SSSR count). The maximum atomic E-state index is 12.3. The third-order valence-corrected chi connectivity index (χ3v) is 7.34. The Kier molecular flexibility index (Phi) is 5.00. The van der Waals surface area contributed by atoms with Crippen molar-refractivity contribution in [1.29, 1.82) is 0 Å². The molecule has 1 aromatic rings. The van der Waals surface area contributed by atoms with Crippen LogP contribution in [0.25, 0.3) is 0 Å². The van der Waals surface area contributed by atoms with E-state index < -0.39 is 10.0 Å². The van der Waals surface area contributed by atoms with Crippen LogP contribution in [0.1, 0.15) is 31.4 Å². The van der Waals surface area contributed by atoms with Crippen molar-refractivity contribution in [2.75, 3.05) is 12.3 Å². The molecule has 5 nitrogen and oxygen atoms in total. The first-order valence-corrected chi connectivity index (χ1v) is 10.5. The van der Waals surface area contributed by atoms with Gasteiger partial charge in [0.2, 0.25) is 10.0 Å². The largest absolute Gasteiger partial charge is 0.452 e. The molecular formula is C13H19BrN2O3S2. The van der Waals surface area contributed by atoms with Crippen LogP contribution in [0.2, 0.25) is 0 Å². The molecule has 1 aliphatic carbocycles. The number of furan rings is 1. The van der Waals surface area contributed by atoms with Crippen LogP contribution in [0, 0.1) is 0 Å². The quantitative estimate of drug-likeness (QED) is 0.742. The van der Waals surface area contributed by atoms with Crippen LogP contribution >= 0.6 is 27.7 Å². The molecule has 21 heavy (non-hydrogen) atoms. The number of nitrogens with one attached hydrogen (secondary N) is 2. The summed E-state index contributed by atoms with van der Waals surface area (Å²) in [6, 6.07) is 2.16. The van der Waals surface area contributed by atoms with Crippen LogP contribution in [-0.4, -0.2) is 32.0 Å². The summed E-state index contributed by atoms with van der Waals surface area (Å²) in [6.45, 7) is 1.05. The fourth-order valence-electron chi connectivity index (χ4n) is 2.29. The maximum absolute atomic E-state index is 12.3. The molecular weight excluding hydrogens is 376 g/mol. The van der Waals surface area contributed by atoms with E-state index >= 15 is 0 Å². The molecule has 2 fully saturated rings. The van der Waals surface area contributed by atoms with Gasteiger partial charge in [-0.1, -0.05) is 0 Å². The van der Waals surface area contributed by atoms with Gasteiger partial charge in [-0.25, -0.2) is 13.1 Å². The SMILES string of the molecule is O=S(=O)(NCC1CCCS1)c1cc(CNC2CC2)oc1Br. The Labute approximate surface area is 137 Å². The van der Waals surface area contributed by atoms with E-state index in [0.717, 1.165) is 12.2 Å². The lowest BCUT2D eigenvalue weighted by Gasteiger charge is -2.09. The van der Waals surface area contributed by atoms with Crippen molar-refractivity contribution in [1.82, 2.24) is 10.0 Å². The van der Waals surface area contributed by atoms with Crippen molar-refractivity contribution in [3.05, 3.63) is 16.5 Å². The van der Waals surface area contributed by atoms with Crippen molar-refractivity contribution < 1.29 is 12.8 Å². The molecule has 1 saturated carbocycles. The molecule has 118 valence electrons. The molecule has 0 radical (unpaired) electrons. The molecule has 0 aromatic carbocycles. The van der Waals surface area contributed by atoms with Gasteiger partial charge in [-0.2, -0.15) is 11.8 Å². The van der Waals surface area contributed by atoms with E-state index in [4.69, 9.17) is 4.42 Å². The number of hydrogen-bond acceptors (Lipinski definition) is 5. The number of halogens is 1. The zero-order chi connectivity index (χ0) is 14.9. The summed E-state index contributed by atoms with van der Waals surface area (Å²) in [5, 5.41) is 3.70. The average molecular weight is 395 g/mol. The Balaban J connectivity index is 1.62. The second-order valence-electron chi connectivity index (χ2n) is 5.49. The molecule has 1 atom stereocenters. The highest BCUT2D eigenvalue weighted by molar-refractivity contribution is 9.10. The lowest BCUT2D eigenvalue weighted by molar-refractivity contribution is 0.460. The Bertz CT molecular complexity index is 593. The molecule has 0 bridgehead atoms. The Morgan fingerprint density at radius 1 is 1.38 bits per heavy atom. The Morgan fingerprint density at radius 2 is 2.19 bits per heavy atom. The van der Waals surface area contributed by atoms with Crippen molar-refractivity contribution in [3.8, 4) is 0 Å². The molecule has 2 aliphatic rings. The van der Waals surface area contributed by atoms with Gasteiger partial charge < -0.3 is 9.73 Å². The minimum atomic E-state index is -3.51. The van der Waals surface area contributed by atoms with Gasteiger partial charge in [0.1, 0.15) is 10.7 Å². The van der Waals surface area contributed by atoms with Gasteiger partial charge in [-0.3, -0.25) is 0 Å². The lowest BCUT2D eigenvalue weighted by Crippen LogP contribution is -2.29. The maximum Gasteiger partial charge on any atom is 0.245 e. The zero-order valence-electron chi connectivity index (χ0n) is 11.6. The third kappa shape index (κ3) is 4.25. The minimum absolute atomic E-state index is 0.193. The van der Waals surface area contributed by atoms with E-state index in [9.17, 15) is 8.42 Å². The van der Waals surface area contributed by atoms with Gasteiger partial charge in [0.25, 0.3) is 0 Å². The highest BCUT2D eigenvalue weighted by atomic mass is 79.9. The van der Waals surface area contributed by atoms with Gasteiger partial charge in [0, 0.05) is 23.9 Å². The topological polar surface area (TPSA) is 71.3 Å². The predicted octanol–water partition coefficient (Wildman–Crippen LogP) is 2.47. The summed E-state index contributed by atoms with van der Waals surface area (Å²) in [5.41, 5.74) is 0. The molecule has 1 unspecified atom stereocenters. The van der Waals surface area contributed by atoms with Gasteiger partial charge in [-0.05, 0) is 47.4 Å². The highest BCUT2D eigenvalue weighted by Gasteiger charge is 2.26. The van der Waals surface area contributed by atoms with E-state index in [-0.39, 0.29) is 9.56 Å². The van der Waals surface area contributed by atoms with E-state index in [0.29, 0.717) is 30.1 Å². The smallest absolute Gasteiger partial charge is 0.245 e. The first-order chi connectivity index (χ1) is 10.0. The van der Waals surface area contributed by atoms with Crippen LogP contribution in [0.3, 0.4) is 0 Å². The number of sulfonamides is 1. The van der Waals surface area contributed by atoms with Crippen LogP contribution in [-0.2, 0) is 16.6 Å². The van der Waals surface area contributed by atoms with Crippen molar-refractivity contribution >= 4 is 37.7 Å². The Hall–Kier alpha value is -0.0200. The van der Waals surface area contributed by atoms with Crippen molar-refractivity contribution in [2.24, 2.45) is 0 Å². The molecule has 2 heterocycles. The summed E-state index contributed by atoms with van der Waals surface area (Å²) in [7, 11) is -3.51. The van der Waals surface area contributed by atoms with Crippen molar-refractivity contribution in [2.45, 2.75) is 48.4 Å². The van der Waals surface area contributed by atoms with E-state index in [1.54, 1.807) is 6.07 Å². The van der Waals surface area contributed by atoms with Crippen molar-refractivity contribution in [3.63, 3.8) is 0 Å². The first-order valence-electron chi connectivity index (χ1n) is 7.17. The lowest BCUT2D eigenvalue weighted by atomic mass is 10.2. The van der Waals surface area contributed by atoms with Gasteiger partial charge in [0.15, 0.2) is 4.67 Å². The van der Waals surface area contributed by atoms with E-state index in [1.807, 2.05) is 11.8 Å². The normalized spacial score (nSPS) is 22.8. The molecule has 1 saturated heterocycles. The van der Waals surface area contributed by atoms with E-state index in [2.05, 4.69) is 26.0 Å². The summed E-state index contributed by atoms with van der Waals surface area (Å²) in [4.78, 5) is 0.193. The second kappa shape index (κ2) is 6.62. The van der Waals surface area contributed by atoms with Gasteiger partial charge >= 0.3 is 0 Å². The Morgan fingerprint density at radius 3 is 2.86 bits per heavy atom. The van der Waals surface area contributed by atoms with Gasteiger partial charge in [0.05, 0.1) is 6.54 Å². The number of thioether (sulfide) groups is 1. The first kappa shape index (κ1) is 15.9. The van der Waals surface area contributed by atoms with Crippen LogP contribution < -0.4 is 10.0 Å². The number of rotatable bonds is 7. The molecule has 0 spiro atoms. The fraction of sp³-hybridized carbons (Fsp3) is 0.692. The third-order valence-electron chi connectivity index (χ3n) is 3.66. The summed E-state index contributed by atoms with van der Waals surface area (Å²) < 4.78 is 33.1. The molecule has 1 aromatic heterocycles. The molecule has 2 N–H and O–H groups in total. The molecule has 0 amide bonds. The fourth-order valence-corrected chi connectivity index (χ4v) is 5.67. The minimum Gasteiger partial charge on any atom is -0.452 e. The molecule has 1 aliphatic heterocycles. The highest BCUT2D eigenvalue weighted by Crippen LogP contribution is 2.29. The van der Waals surface area contributed by atoms with E-state index in [1.165, 1.54) is 19.3 Å². The zero-order valence-corrected chi connectivity index (χ0v) is 14.8. The second-order valence-corrected chi connectivity index (χ2v) is 9.36. The van der Waals surface area contributed by atoms with Crippen LogP contribution in [0.5, 0.6) is 0 Å². The van der Waals surface area contributed by atoms with Gasteiger partial charge in [-0.15, -0.1) is 0 Å². The summed E-state index contributed by atoms with van der Waals surface area (Å²) >= 11 is 5.04. The average Bonchev–Trinajstić information content (AvgIpc) is 2.97. The molecule has 8 heteroatoms. The van der Waals surface area contributed by atoms with Crippen LogP contribution in [0.4, 0.5) is 0 Å². The summed E-state index contributed by atoms with van der Waals surface area (Å²) in [5.74, 6) is 1.77. The summed E-state index contributed by atoms with van der Waals surface area (Å²) in [6.07, 6.45) is 4.63.